The molecule has 0 spiro atoms. The van der Waals surface area contributed by atoms with Gasteiger partial charge in [-0.3, -0.25) is 9.78 Å². The SMILES string of the molecule is CCC(CC)C(=O)/C=C(\O)C(CC)CC.Cc1coc2c(-c3ccc(CC(C)C)cc3)cc(-c3[c-]c4ccccc4c(C(C)(C)C)c3)nc12.[Ir]. The van der Waals surface area contributed by atoms with E-state index in [1.54, 1.807) is 0 Å². The number of aliphatic hydroxyl groups is 1. The number of aliphatic hydroxyl groups excluding tert-OH is 1. The number of furan rings is 1. The van der Waals surface area contributed by atoms with E-state index in [9.17, 15) is 9.90 Å². The molecule has 0 saturated heterocycles. The minimum atomic E-state index is 0. The van der Waals surface area contributed by atoms with Gasteiger partial charge in [0.05, 0.1) is 12.0 Å². The third-order valence-electron chi connectivity index (χ3n) is 9.55. The van der Waals surface area contributed by atoms with Crippen LogP contribution >= 0.6 is 0 Å². The maximum Gasteiger partial charge on any atom is 0.162 e. The van der Waals surface area contributed by atoms with Crippen molar-refractivity contribution in [3.8, 4) is 22.4 Å². The molecule has 0 aliphatic carbocycles. The largest absolute Gasteiger partial charge is 0.512 e. The van der Waals surface area contributed by atoms with Gasteiger partial charge in [-0.2, -0.15) is 0 Å². The smallest absolute Gasteiger partial charge is 0.162 e. The van der Waals surface area contributed by atoms with Crippen LogP contribution in [0.4, 0.5) is 0 Å². The summed E-state index contributed by atoms with van der Waals surface area (Å²) in [6.45, 7) is 21.4. The summed E-state index contributed by atoms with van der Waals surface area (Å²) in [5, 5.41) is 12.1. The predicted octanol–water partition coefficient (Wildman–Crippen LogP) is 12.8. The van der Waals surface area contributed by atoms with Crippen LogP contribution in [0.2, 0.25) is 0 Å². The van der Waals surface area contributed by atoms with Crippen molar-refractivity contribution in [2.75, 3.05) is 0 Å². The van der Waals surface area contributed by atoms with E-state index in [4.69, 9.17) is 9.40 Å². The Morgan fingerprint density at radius 3 is 2.12 bits per heavy atom. The second-order valence-electron chi connectivity index (χ2n) is 14.8. The number of hydrogen-bond acceptors (Lipinski definition) is 4. The Bertz CT molecular complexity index is 1880. The van der Waals surface area contributed by atoms with Gasteiger partial charge in [0.2, 0.25) is 0 Å². The zero-order valence-corrected chi connectivity index (χ0v) is 34.1. The molecule has 0 unspecified atom stereocenters. The molecule has 0 aliphatic heterocycles. The first-order valence-electron chi connectivity index (χ1n) is 18.2. The molecular formula is C45H56IrNO3-. The van der Waals surface area contributed by atoms with Crippen LogP contribution in [-0.2, 0) is 36.7 Å². The Hall–Kier alpha value is -3.53. The summed E-state index contributed by atoms with van der Waals surface area (Å²) < 4.78 is 6.00. The van der Waals surface area contributed by atoms with Gasteiger partial charge in [-0.05, 0) is 61.5 Å². The van der Waals surface area contributed by atoms with Gasteiger partial charge < -0.3 is 9.52 Å². The summed E-state index contributed by atoms with van der Waals surface area (Å²) in [5.74, 6) is 1.18. The monoisotopic (exact) mass is 851 g/mol. The molecular weight excluding hydrogens is 795 g/mol. The minimum Gasteiger partial charge on any atom is -0.512 e. The normalized spacial score (nSPS) is 12.1. The second-order valence-corrected chi connectivity index (χ2v) is 14.8. The predicted molar refractivity (Wildman–Crippen MR) is 207 cm³/mol. The van der Waals surface area contributed by atoms with Crippen molar-refractivity contribution < 1.29 is 34.4 Å². The van der Waals surface area contributed by atoms with E-state index >= 15 is 0 Å². The van der Waals surface area contributed by atoms with E-state index in [-0.39, 0.29) is 48.9 Å². The Kier molecular flexibility index (Phi) is 14.8. The topological polar surface area (TPSA) is 63.3 Å². The molecule has 1 N–H and O–H groups in total. The molecule has 0 atom stereocenters. The molecule has 5 heteroatoms. The number of aromatic nitrogens is 1. The summed E-state index contributed by atoms with van der Waals surface area (Å²) in [6, 6.07) is 25.5. The van der Waals surface area contributed by atoms with Crippen molar-refractivity contribution in [3.05, 3.63) is 102 Å². The van der Waals surface area contributed by atoms with Crippen molar-refractivity contribution in [1.82, 2.24) is 4.98 Å². The summed E-state index contributed by atoms with van der Waals surface area (Å²) in [4.78, 5) is 16.8. The molecule has 0 amide bonds. The Morgan fingerprint density at radius 2 is 1.54 bits per heavy atom. The Balaban J connectivity index is 0.000000361. The molecule has 0 bridgehead atoms. The average Bonchev–Trinajstić information content (AvgIpc) is 3.45. The fourth-order valence-electron chi connectivity index (χ4n) is 6.54. The summed E-state index contributed by atoms with van der Waals surface area (Å²) in [7, 11) is 0. The molecule has 50 heavy (non-hydrogen) atoms. The quantitative estimate of drug-likeness (QED) is 0.0817. The number of nitrogens with zero attached hydrogens (tertiary/aromatic N) is 1. The number of aryl methyl sites for hydroxylation is 1. The number of rotatable bonds is 11. The van der Waals surface area contributed by atoms with E-state index in [1.165, 1.54) is 22.6 Å². The molecule has 4 nitrogen and oxygen atoms in total. The molecule has 0 aliphatic rings. The number of pyridine rings is 1. The van der Waals surface area contributed by atoms with Crippen molar-refractivity contribution in [3.63, 3.8) is 0 Å². The van der Waals surface area contributed by atoms with Gasteiger partial charge in [0.1, 0.15) is 5.52 Å². The summed E-state index contributed by atoms with van der Waals surface area (Å²) in [5.41, 5.74) is 9.64. The first kappa shape index (κ1) is 40.9. The average molecular weight is 851 g/mol. The molecule has 0 fully saturated rings. The van der Waals surface area contributed by atoms with Crippen molar-refractivity contribution in [2.24, 2.45) is 17.8 Å². The van der Waals surface area contributed by atoms with Gasteiger partial charge in [-0.15, -0.1) is 29.1 Å². The van der Waals surface area contributed by atoms with Crippen LogP contribution < -0.4 is 0 Å². The number of allylic oxidation sites excluding steroid dienone is 2. The zero-order valence-electron chi connectivity index (χ0n) is 31.7. The van der Waals surface area contributed by atoms with Crippen LogP contribution in [0.15, 0.2) is 83.2 Å². The zero-order chi connectivity index (χ0) is 35.9. The van der Waals surface area contributed by atoms with Crippen LogP contribution in [0.25, 0.3) is 44.3 Å². The molecule has 2 heterocycles. The van der Waals surface area contributed by atoms with Gasteiger partial charge in [0.25, 0.3) is 0 Å². The van der Waals surface area contributed by atoms with Crippen LogP contribution in [0.3, 0.4) is 0 Å². The number of hydrogen-bond donors (Lipinski definition) is 1. The first-order chi connectivity index (χ1) is 23.3. The first-order valence-corrected chi connectivity index (χ1v) is 18.2. The van der Waals surface area contributed by atoms with E-state index in [0.717, 1.165) is 76.5 Å². The van der Waals surface area contributed by atoms with Gasteiger partial charge in [0, 0.05) is 54.8 Å². The molecule has 1 radical (unpaired) electrons. The standard InChI is InChI=1S/C32H32NO.C13H24O2.Ir/c1-20(2)15-22-11-13-23(14-12-22)27-18-29(33-30-21(3)19-34-31(27)30)25-16-24-9-7-8-10-26(24)28(17-25)32(4,5)6;1-5-10(6-2)12(14)9-13(15)11(7-3)8-4;/h7-14,17-20H,15H2,1-6H3;9-11,14H,5-8H2,1-4H3;/q-1;;/b;12-9-;. The fraction of sp³-hybridized carbons (Fsp3) is 0.422. The summed E-state index contributed by atoms with van der Waals surface area (Å²) >= 11 is 0. The van der Waals surface area contributed by atoms with Crippen molar-refractivity contribution in [2.45, 2.75) is 107 Å². The molecule has 269 valence electrons. The maximum atomic E-state index is 11.7. The Morgan fingerprint density at radius 1 is 0.920 bits per heavy atom. The fourth-order valence-corrected chi connectivity index (χ4v) is 6.54. The molecule has 3 aromatic carbocycles. The van der Waals surface area contributed by atoms with Crippen LogP contribution in [0.1, 0.15) is 105 Å². The van der Waals surface area contributed by atoms with E-state index in [1.807, 2.05) is 34.0 Å². The summed E-state index contributed by atoms with van der Waals surface area (Å²) in [6.07, 6.45) is 7.80. The van der Waals surface area contributed by atoms with Crippen LogP contribution in [0.5, 0.6) is 0 Å². The van der Waals surface area contributed by atoms with Gasteiger partial charge in [-0.1, -0.05) is 122 Å². The molecule has 0 saturated carbocycles. The van der Waals surface area contributed by atoms with Gasteiger partial charge in [-0.25, -0.2) is 0 Å². The van der Waals surface area contributed by atoms with Gasteiger partial charge in [0.15, 0.2) is 11.4 Å². The minimum absolute atomic E-state index is 0. The maximum absolute atomic E-state index is 11.7. The number of benzene rings is 3. The van der Waals surface area contributed by atoms with Crippen molar-refractivity contribution in [1.29, 1.82) is 0 Å². The second kappa shape index (κ2) is 18.1. The number of carbonyl (C=O) groups is 1. The van der Waals surface area contributed by atoms with Crippen LogP contribution in [-0.4, -0.2) is 15.9 Å². The Labute approximate surface area is 314 Å². The molecule has 5 aromatic rings. The van der Waals surface area contributed by atoms with Crippen molar-refractivity contribution >= 4 is 27.7 Å². The van der Waals surface area contributed by atoms with Crippen LogP contribution in [0, 0.1) is 30.7 Å². The van der Waals surface area contributed by atoms with E-state index in [0.29, 0.717) is 5.92 Å². The number of fused-ring (bicyclic) bond motifs is 2. The number of ketones is 1. The van der Waals surface area contributed by atoms with Gasteiger partial charge >= 0.3 is 0 Å². The van der Waals surface area contributed by atoms with E-state index < -0.39 is 0 Å². The number of carbonyl (C=O) groups excluding carboxylic acids is 1. The third kappa shape index (κ3) is 9.83. The molecule has 5 rings (SSSR count). The molecule has 2 aromatic heterocycles. The van der Waals surface area contributed by atoms with E-state index in [2.05, 4.69) is 108 Å². The third-order valence-corrected chi connectivity index (χ3v) is 9.55.